The van der Waals surface area contributed by atoms with Gasteiger partial charge in [-0.3, -0.25) is 18.9 Å². The summed E-state index contributed by atoms with van der Waals surface area (Å²) < 4.78 is 29.6. The Labute approximate surface area is 175 Å². The maximum absolute atomic E-state index is 13.0. The fourth-order valence-corrected chi connectivity index (χ4v) is 4.90. The zero-order valence-corrected chi connectivity index (χ0v) is 21.1. The number of nitrogens with zero attached hydrogens (tertiary/aromatic N) is 2. The third-order valence-corrected chi connectivity index (χ3v) is 8.64. The molecule has 9 nitrogen and oxygen atoms in total. The highest BCUT2D eigenvalue weighted by molar-refractivity contribution is 7.48. The minimum Gasteiger partial charge on any atom is -0.465 e. The maximum atomic E-state index is 13.0. The summed E-state index contributed by atoms with van der Waals surface area (Å²) in [5.41, 5.74) is 0.275. The van der Waals surface area contributed by atoms with Crippen LogP contribution < -0.4 is 5.32 Å². The lowest BCUT2D eigenvalue weighted by Gasteiger charge is -2.22. The van der Waals surface area contributed by atoms with Crippen LogP contribution in [0.4, 0.5) is 10.5 Å². The molecule has 0 fully saturated rings. The molecule has 0 saturated carbocycles. The monoisotopic (exact) mass is 463 g/mol. The van der Waals surface area contributed by atoms with Crippen LogP contribution in [0.1, 0.15) is 5.82 Å². The van der Waals surface area contributed by atoms with Gasteiger partial charge in [-0.1, -0.05) is 39.3 Å². The number of nitrogens with one attached hydrogen (secondary N) is 1. The van der Waals surface area contributed by atoms with Crippen molar-refractivity contribution in [1.82, 2.24) is 9.97 Å². The smallest absolute Gasteiger partial charge is 0.465 e. The predicted molar refractivity (Wildman–Crippen MR) is 119 cm³/mol. The van der Waals surface area contributed by atoms with Crippen LogP contribution in [0.3, 0.4) is 0 Å². The fourth-order valence-electron chi connectivity index (χ4n) is 1.96. The van der Waals surface area contributed by atoms with E-state index in [0.717, 1.165) is 12.1 Å². The molecule has 0 unspecified atom stereocenters. The molecule has 0 radical (unpaired) electrons. The summed E-state index contributed by atoms with van der Waals surface area (Å²) >= 11 is 0. The number of carbonyl (C=O) groups is 1. The maximum Gasteiger partial charge on any atom is 0.474 e. The molecule has 1 heterocycles. The summed E-state index contributed by atoms with van der Waals surface area (Å²) in [6.07, 6.45) is 1.85. The molecule has 1 amide bonds. The van der Waals surface area contributed by atoms with E-state index >= 15 is 0 Å². The minimum atomic E-state index is -3.66. The Bertz CT molecular complexity index is 668. The molecule has 1 aromatic heterocycles. The van der Waals surface area contributed by atoms with Gasteiger partial charge in [0, 0.05) is 22.6 Å². The molecule has 0 aliphatic rings. The van der Waals surface area contributed by atoms with Crippen molar-refractivity contribution in [3.05, 3.63) is 18.2 Å². The van der Waals surface area contributed by atoms with Gasteiger partial charge in [0.25, 0.3) is 0 Å². The lowest BCUT2D eigenvalue weighted by molar-refractivity contribution is 0.121. The normalized spacial score (nSPS) is 12.8. The largest absolute Gasteiger partial charge is 0.474 e. The van der Waals surface area contributed by atoms with Gasteiger partial charge in [-0.2, -0.15) is 0 Å². The first kappa shape index (κ1) is 25.9. The third-order valence-electron chi connectivity index (χ3n) is 3.73. The molecule has 1 aromatic rings. The van der Waals surface area contributed by atoms with Crippen LogP contribution in [0.2, 0.25) is 51.4 Å². The molecule has 2 N–H and O–H groups in total. The number of amides is 1. The molecule has 0 aromatic carbocycles. The van der Waals surface area contributed by atoms with Gasteiger partial charge in [0.2, 0.25) is 0 Å². The van der Waals surface area contributed by atoms with Crippen molar-refractivity contribution in [3.8, 4) is 0 Å². The molecule has 0 aliphatic heterocycles. The number of anilines is 1. The molecule has 0 bridgehead atoms. The van der Waals surface area contributed by atoms with E-state index in [4.69, 9.17) is 18.7 Å². The lowest BCUT2D eigenvalue weighted by Crippen LogP contribution is -2.23. The topological polar surface area (TPSA) is 120 Å². The van der Waals surface area contributed by atoms with Crippen LogP contribution >= 0.6 is 7.82 Å². The van der Waals surface area contributed by atoms with E-state index in [1.807, 2.05) is 0 Å². The summed E-state index contributed by atoms with van der Waals surface area (Å²) in [5, 5.41) is 10.8. The van der Waals surface area contributed by atoms with Gasteiger partial charge in [0.1, 0.15) is 5.82 Å². The SMILES string of the molecule is C[Si](C)(C)CCOP(=O)(OCCc1ncc(NC(=O)O)cn1)OCC[Si](C)(C)C. The number of hydrogen-bond donors (Lipinski definition) is 2. The highest BCUT2D eigenvalue weighted by Crippen LogP contribution is 2.50. The zero-order valence-electron chi connectivity index (χ0n) is 18.2. The first-order chi connectivity index (χ1) is 13.3. The van der Waals surface area contributed by atoms with Gasteiger partial charge in [0.15, 0.2) is 0 Å². The first-order valence-electron chi connectivity index (χ1n) is 9.63. The Morgan fingerprint density at radius 1 is 0.966 bits per heavy atom. The number of phosphoric acid groups is 1. The average molecular weight is 464 g/mol. The number of phosphoric ester groups is 1. The van der Waals surface area contributed by atoms with Gasteiger partial charge in [0.05, 0.1) is 37.9 Å². The molecule has 0 spiro atoms. The van der Waals surface area contributed by atoms with Crippen LogP contribution in [-0.4, -0.2) is 57.1 Å². The van der Waals surface area contributed by atoms with Crippen LogP contribution in [0, 0.1) is 0 Å². The van der Waals surface area contributed by atoms with E-state index in [0.29, 0.717) is 25.5 Å². The molecule has 0 atom stereocenters. The van der Waals surface area contributed by atoms with Crippen molar-refractivity contribution in [2.45, 2.75) is 57.8 Å². The van der Waals surface area contributed by atoms with Crippen LogP contribution in [0.25, 0.3) is 0 Å². The van der Waals surface area contributed by atoms with Gasteiger partial charge < -0.3 is 5.11 Å². The quantitative estimate of drug-likeness (QED) is 0.312. The number of hydrogen-bond acceptors (Lipinski definition) is 7. The molecule has 166 valence electrons. The van der Waals surface area contributed by atoms with Crippen molar-refractivity contribution in [1.29, 1.82) is 0 Å². The summed E-state index contributed by atoms with van der Waals surface area (Å²) in [5.74, 6) is 0.441. The van der Waals surface area contributed by atoms with E-state index in [2.05, 4.69) is 54.6 Å². The second kappa shape index (κ2) is 11.3. The predicted octanol–water partition coefficient (Wildman–Crippen LogP) is 4.94. The van der Waals surface area contributed by atoms with Crippen molar-refractivity contribution >= 4 is 35.8 Å². The fraction of sp³-hybridized carbons (Fsp3) is 0.706. The number of rotatable bonds is 13. The zero-order chi connectivity index (χ0) is 22.1. The van der Waals surface area contributed by atoms with Crippen LogP contribution in [-0.2, 0) is 24.6 Å². The Hall–Kier alpha value is -1.11. The summed E-state index contributed by atoms with van der Waals surface area (Å²) in [6.45, 7) is 14.1. The van der Waals surface area contributed by atoms with Crippen molar-refractivity contribution < 1.29 is 28.0 Å². The van der Waals surface area contributed by atoms with E-state index in [9.17, 15) is 9.36 Å². The van der Waals surface area contributed by atoms with Crippen LogP contribution in [0.15, 0.2) is 12.4 Å². The minimum absolute atomic E-state index is 0.0723. The molecular formula is C17H34N3O6PSi2. The van der Waals surface area contributed by atoms with Crippen molar-refractivity contribution in [2.75, 3.05) is 25.1 Å². The highest BCUT2D eigenvalue weighted by Gasteiger charge is 2.29. The van der Waals surface area contributed by atoms with E-state index in [-0.39, 0.29) is 12.3 Å². The Morgan fingerprint density at radius 3 is 1.83 bits per heavy atom. The molecule has 1 rings (SSSR count). The first-order valence-corrected chi connectivity index (χ1v) is 18.5. The Morgan fingerprint density at radius 2 is 1.41 bits per heavy atom. The molecule has 29 heavy (non-hydrogen) atoms. The average Bonchev–Trinajstić information content (AvgIpc) is 2.53. The van der Waals surface area contributed by atoms with Gasteiger partial charge in [-0.25, -0.2) is 19.3 Å². The van der Waals surface area contributed by atoms with Crippen molar-refractivity contribution in [2.24, 2.45) is 0 Å². The lowest BCUT2D eigenvalue weighted by atomic mass is 10.4. The highest BCUT2D eigenvalue weighted by atomic mass is 31.2. The second-order valence-electron chi connectivity index (χ2n) is 9.14. The van der Waals surface area contributed by atoms with Gasteiger partial charge in [-0.15, -0.1) is 0 Å². The third kappa shape index (κ3) is 12.9. The van der Waals surface area contributed by atoms with Gasteiger partial charge in [-0.05, 0) is 12.1 Å². The number of carboxylic acid groups (broad SMARTS) is 1. The molecular weight excluding hydrogens is 429 g/mol. The molecule has 0 saturated heterocycles. The molecule has 12 heteroatoms. The van der Waals surface area contributed by atoms with E-state index in [1.54, 1.807) is 0 Å². The van der Waals surface area contributed by atoms with Crippen LogP contribution in [0.5, 0.6) is 0 Å². The van der Waals surface area contributed by atoms with Gasteiger partial charge >= 0.3 is 13.9 Å². The standard InChI is InChI=1S/C17H34N3O6PSi2/c1-28(2,3)11-9-25-27(23,26-10-12-29(4,5)6)24-8-7-16-18-13-15(14-19-16)20-17(21)22/h13-14,20H,7-12H2,1-6H3,(H,21,22). The van der Waals surface area contributed by atoms with E-state index < -0.39 is 30.1 Å². The van der Waals surface area contributed by atoms with E-state index in [1.165, 1.54) is 12.4 Å². The second-order valence-corrected chi connectivity index (χ2v) is 22.0. The van der Waals surface area contributed by atoms with Crippen molar-refractivity contribution in [3.63, 3.8) is 0 Å². The Balaban J connectivity index is 2.60. The summed E-state index contributed by atoms with van der Waals surface area (Å²) in [4.78, 5) is 18.7. The summed E-state index contributed by atoms with van der Waals surface area (Å²) in [6, 6.07) is 1.72. The number of aromatic nitrogens is 2. The summed E-state index contributed by atoms with van der Waals surface area (Å²) in [7, 11) is -6.33. The Kier molecular flexibility index (Phi) is 10.1. The molecule has 0 aliphatic carbocycles.